The summed E-state index contributed by atoms with van der Waals surface area (Å²) in [6, 6.07) is 15.3. The first kappa shape index (κ1) is 15.7. The Balaban J connectivity index is 1.57. The van der Waals surface area contributed by atoms with Gasteiger partial charge in [-0.25, -0.2) is 9.48 Å². The lowest BCUT2D eigenvalue weighted by Crippen LogP contribution is -2.39. The van der Waals surface area contributed by atoms with Crippen LogP contribution < -0.4 is 5.32 Å². The van der Waals surface area contributed by atoms with Crippen LogP contribution in [0.4, 0.5) is 0 Å². The summed E-state index contributed by atoms with van der Waals surface area (Å²) in [6.45, 7) is 1.51. The van der Waals surface area contributed by atoms with E-state index in [1.165, 1.54) is 4.68 Å². The Morgan fingerprint density at radius 2 is 1.83 bits per heavy atom. The van der Waals surface area contributed by atoms with Crippen molar-refractivity contribution in [3.8, 4) is 0 Å². The predicted molar refractivity (Wildman–Crippen MR) is 87.0 cm³/mol. The van der Waals surface area contributed by atoms with Crippen LogP contribution >= 0.6 is 0 Å². The molecule has 0 aliphatic rings. The number of fused-ring (bicyclic) bond motifs is 1. The highest BCUT2D eigenvalue weighted by molar-refractivity contribution is 5.96. The van der Waals surface area contributed by atoms with Gasteiger partial charge in [0.2, 0.25) is 0 Å². The maximum absolute atomic E-state index is 12.0. The normalized spacial score (nSPS) is 11.9. The lowest BCUT2D eigenvalue weighted by molar-refractivity contribution is -0.149. The van der Waals surface area contributed by atoms with Crippen molar-refractivity contribution in [3.05, 3.63) is 60.2 Å². The predicted octanol–water partition coefficient (Wildman–Crippen LogP) is 1.75. The van der Waals surface area contributed by atoms with Gasteiger partial charge in [0.05, 0.1) is 5.52 Å². The van der Waals surface area contributed by atoms with Crippen LogP contribution in [0.5, 0.6) is 0 Å². The number of para-hydroxylation sites is 1. The van der Waals surface area contributed by atoms with E-state index in [-0.39, 0.29) is 12.6 Å². The summed E-state index contributed by atoms with van der Waals surface area (Å²) in [5.74, 6) is -0.870. The second kappa shape index (κ2) is 6.91. The van der Waals surface area contributed by atoms with Gasteiger partial charge in [0, 0.05) is 5.56 Å². The molecule has 0 fully saturated rings. The summed E-state index contributed by atoms with van der Waals surface area (Å²) in [4.78, 5) is 24.1. The summed E-state index contributed by atoms with van der Waals surface area (Å²) >= 11 is 0. The molecular weight excluding hydrogens is 308 g/mol. The first-order valence-corrected chi connectivity index (χ1v) is 7.46. The summed E-state index contributed by atoms with van der Waals surface area (Å²) in [7, 11) is 0. The molecule has 1 amide bonds. The molecular formula is C17H16N4O3. The molecule has 0 aliphatic heterocycles. The van der Waals surface area contributed by atoms with Crippen LogP contribution in [0.25, 0.3) is 11.0 Å². The van der Waals surface area contributed by atoms with Gasteiger partial charge in [-0.1, -0.05) is 35.5 Å². The SMILES string of the molecule is CC(NC(=O)c1ccccc1)C(=O)OCn1nnc2ccccc21. The molecule has 7 nitrogen and oxygen atoms in total. The molecule has 24 heavy (non-hydrogen) atoms. The van der Waals surface area contributed by atoms with Crippen LogP contribution in [0.3, 0.4) is 0 Å². The average molecular weight is 324 g/mol. The van der Waals surface area contributed by atoms with Crippen molar-refractivity contribution in [3.63, 3.8) is 0 Å². The molecule has 0 spiro atoms. The topological polar surface area (TPSA) is 86.1 Å². The molecule has 7 heteroatoms. The minimum absolute atomic E-state index is 0.0646. The average Bonchev–Trinajstić information content (AvgIpc) is 3.03. The van der Waals surface area contributed by atoms with Gasteiger partial charge in [-0.2, -0.15) is 0 Å². The molecule has 1 aromatic heterocycles. The van der Waals surface area contributed by atoms with E-state index < -0.39 is 12.0 Å². The summed E-state index contributed by atoms with van der Waals surface area (Å²) < 4.78 is 6.68. The van der Waals surface area contributed by atoms with Gasteiger partial charge in [-0.15, -0.1) is 5.10 Å². The molecule has 0 saturated carbocycles. The summed E-state index contributed by atoms with van der Waals surface area (Å²) in [6.07, 6.45) is 0. The lowest BCUT2D eigenvalue weighted by atomic mass is 10.2. The summed E-state index contributed by atoms with van der Waals surface area (Å²) in [5, 5.41) is 10.5. The fraction of sp³-hybridized carbons (Fsp3) is 0.176. The second-order valence-electron chi connectivity index (χ2n) is 5.23. The van der Waals surface area contributed by atoms with E-state index in [9.17, 15) is 9.59 Å². The van der Waals surface area contributed by atoms with Crippen LogP contribution in [0.2, 0.25) is 0 Å². The fourth-order valence-electron chi connectivity index (χ4n) is 2.19. The summed E-state index contributed by atoms with van der Waals surface area (Å²) in [5.41, 5.74) is 1.98. The molecule has 1 N–H and O–H groups in total. The Morgan fingerprint density at radius 1 is 1.12 bits per heavy atom. The third-order valence-corrected chi connectivity index (χ3v) is 3.49. The quantitative estimate of drug-likeness (QED) is 0.723. The molecule has 0 radical (unpaired) electrons. The van der Waals surface area contributed by atoms with Crippen molar-refractivity contribution in [2.45, 2.75) is 19.7 Å². The van der Waals surface area contributed by atoms with E-state index in [0.29, 0.717) is 5.56 Å². The van der Waals surface area contributed by atoms with E-state index in [1.807, 2.05) is 30.3 Å². The molecule has 3 rings (SSSR count). The van der Waals surface area contributed by atoms with E-state index in [2.05, 4.69) is 15.6 Å². The highest BCUT2D eigenvalue weighted by atomic mass is 16.5. The van der Waals surface area contributed by atoms with Crippen molar-refractivity contribution >= 4 is 22.9 Å². The van der Waals surface area contributed by atoms with Crippen LogP contribution in [-0.2, 0) is 16.3 Å². The van der Waals surface area contributed by atoms with Gasteiger partial charge in [-0.05, 0) is 31.2 Å². The number of amides is 1. The Bertz CT molecular complexity index is 860. The number of nitrogens with one attached hydrogen (secondary N) is 1. The van der Waals surface area contributed by atoms with E-state index in [0.717, 1.165) is 11.0 Å². The maximum atomic E-state index is 12.0. The van der Waals surface area contributed by atoms with Gasteiger partial charge in [0.1, 0.15) is 11.6 Å². The molecule has 3 aromatic rings. The zero-order valence-electron chi connectivity index (χ0n) is 13.0. The molecule has 122 valence electrons. The van der Waals surface area contributed by atoms with E-state index >= 15 is 0 Å². The number of ether oxygens (including phenoxy) is 1. The van der Waals surface area contributed by atoms with E-state index in [4.69, 9.17) is 4.74 Å². The molecule has 1 atom stereocenters. The Labute approximate surface area is 138 Å². The van der Waals surface area contributed by atoms with Crippen molar-refractivity contribution in [2.75, 3.05) is 0 Å². The number of hydrogen-bond donors (Lipinski definition) is 1. The van der Waals surface area contributed by atoms with Gasteiger partial charge < -0.3 is 10.1 Å². The highest BCUT2D eigenvalue weighted by Gasteiger charge is 2.18. The van der Waals surface area contributed by atoms with Crippen molar-refractivity contribution in [2.24, 2.45) is 0 Å². The number of esters is 1. The number of carbonyl (C=O) groups excluding carboxylic acids is 2. The minimum Gasteiger partial charge on any atom is -0.441 e. The second-order valence-corrected chi connectivity index (χ2v) is 5.23. The highest BCUT2D eigenvalue weighted by Crippen LogP contribution is 2.09. The van der Waals surface area contributed by atoms with Crippen LogP contribution in [0, 0.1) is 0 Å². The molecule has 0 aliphatic carbocycles. The van der Waals surface area contributed by atoms with E-state index in [1.54, 1.807) is 31.2 Å². The molecule has 0 bridgehead atoms. The maximum Gasteiger partial charge on any atom is 0.330 e. The van der Waals surface area contributed by atoms with Gasteiger partial charge >= 0.3 is 5.97 Å². The van der Waals surface area contributed by atoms with Crippen molar-refractivity contribution < 1.29 is 14.3 Å². The third kappa shape index (κ3) is 3.40. The van der Waals surface area contributed by atoms with Crippen molar-refractivity contribution in [1.29, 1.82) is 0 Å². The number of benzene rings is 2. The van der Waals surface area contributed by atoms with Crippen LogP contribution in [0.1, 0.15) is 17.3 Å². The van der Waals surface area contributed by atoms with Crippen LogP contribution in [0.15, 0.2) is 54.6 Å². The number of rotatable bonds is 5. The first-order valence-electron chi connectivity index (χ1n) is 7.46. The monoisotopic (exact) mass is 324 g/mol. The van der Waals surface area contributed by atoms with Crippen LogP contribution in [-0.4, -0.2) is 32.9 Å². The van der Waals surface area contributed by atoms with Gasteiger partial charge in [0.15, 0.2) is 6.73 Å². The zero-order chi connectivity index (χ0) is 16.9. The Kier molecular flexibility index (Phi) is 4.51. The number of carbonyl (C=O) groups is 2. The number of aromatic nitrogens is 3. The molecule has 1 unspecified atom stereocenters. The largest absolute Gasteiger partial charge is 0.441 e. The zero-order valence-corrected chi connectivity index (χ0v) is 13.0. The fourth-order valence-corrected chi connectivity index (χ4v) is 2.19. The minimum atomic E-state index is -0.771. The number of hydrogen-bond acceptors (Lipinski definition) is 5. The molecule has 2 aromatic carbocycles. The van der Waals surface area contributed by atoms with Gasteiger partial charge in [0.25, 0.3) is 5.91 Å². The third-order valence-electron chi connectivity index (χ3n) is 3.49. The Morgan fingerprint density at radius 3 is 2.62 bits per heavy atom. The molecule has 0 saturated heterocycles. The molecule has 1 heterocycles. The van der Waals surface area contributed by atoms with Crippen molar-refractivity contribution in [1.82, 2.24) is 20.3 Å². The van der Waals surface area contributed by atoms with Gasteiger partial charge in [-0.3, -0.25) is 4.79 Å². The Hall–Kier alpha value is -3.22. The standard InChI is InChI=1S/C17H16N4O3/c1-12(18-16(22)13-7-3-2-4-8-13)17(23)24-11-21-15-10-6-5-9-14(15)19-20-21/h2-10,12H,11H2,1H3,(H,18,22). The number of nitrogens with zero attached hydrogens (tertiary/aromatic N) is 3. The first-order chi connectivity index (χ1) is 11.6. The lowest BCUT2D eigenvalue weighted by Gasteiger charge is -2.13. The smallest absolute Gasteiger partial charge is 0.330 e.